The van der Waals surface area contributed by atoms with E-state index in [4.69, 9.17) is 14.2 Å². The zero-order valence-electron chi connectivity index (χ0n) is 21.9. The molecule has 0 amide bonds. The van der Waals surface area contributed by atoms with Crippen LogP contribution in [0.5, 0.6) is 0 Å². The van der Waals surface area contributed by atoms with E-state index < -0.39 is 18.3 Å². The Bertz CT molecular complexity index is 405. The molecule has 9 heteroatoms. The van der Waals surface area contributed by atoms with Gasteiger partial charge in [0.15, 0.2) is 0 Å². The minimum atomic E-state index is -0.551. The van der Waals surface area contributed by atoms with Gasteiger partial charge in [-0.3, -0.25) is 14.7 Å². The second kappa shape index (κ2) is 17.1. The summed E-state index contributed by atoms with van der Waals surface area (Å²) < 4.78 is 16.7. The van der Waals surface area contributed by atoms with Crippen molar-refractivity contribution in [3.05, 3.63) is 0 Å². The molecule has 0 aromatic rings. The Balaban J connectivity index is 2.71. The summed E-state index contributed by atoms with van der Waals surface area (Å²) in [5, 5.41) is 31.3. The van der Waals surface area contributed by atoms with Gasteiger partial charge in [0.05, 0.1) is 56.4 Å². The molecule has 9 nitrogen and oxygen atoms in total. The van der Waals surface area contributed by atoms with Gasteiger partial charge in [-0.25, -0.2) is 0 Å². The van der Waals surface area contributed by atoms with Crippen LogP contribution < -0.4 is 0 Å². The molecule has 1 saturated heterocycles. The Hall–Kier alpha value is -0.360. The quantitative estimate of drug-likeness (QED) is 0.307. The van der Waals surface area contributed by atoms with E-state index >= 15 is 0 Å². The summed E-state index contributed by atoms with van der Waals surface area (Å²) >= 11 is 0. The summed E-state index contributed by atoms with van der Waals surface area (Å²) in [4.78, 5) is 6.73. The number of ether oxygens (including phenoxy) is 3. The highest BCUT2D eigenvalue weighted by Crippen LogP contribution is 2.06. The summed E-state index contributed by atoms with van der Waals surface area (Å²) in [7, 11) is 0. The van der Waals surface area contributed by atoms with Gasteiger partial charge in [-0.1, -0.05) is 0 Å². The molecule has 0 aromatic heterocycles. The maximum absolute atomic E-state index is 10.4. The normalized spacial score (nSPS) is 20.7. The van der Waals surface area contributed by atoms with Crippen molar-refractivity contribution in [2.24, 2.45) is 0 Å². The predicted molar refractivity (Wildman–Crippen MR) is 131 cm³/mol. The van der Waals surface area contributed by atoms with Gasteiger partial charge in [0, 0.05) is 58.9 Å². The van der Waals surface area contributed by atoms with Crippen LogP contribution >= 0.6 is 0 Å². The molecule has 0 aliphatic carbocycles. The summed E-state index contributed by atoms with van der Waals surface area (Å²) in [5.74, 6) is 0. The van der Waals surface area contributed by atoms with Crippen LogP contribution in [0.1, 0.15) is 41.5 Å². The highest BCUT2D eigenvalue weighted by Gasteiger charge is 2.22. The van der Waals surface area contributed by atoms with Crippen LogP contribution in [-0.2, 0) is 14.2 Å². The van der Waals surface area contributed by atoms with Crippen molar-refractivity contribution in [1.29, 1.82) is 0 Å². The molecule has 0 aromatic carbocycles. The van der Waals surface area contributed by atoms with Gasteiger partial charge >= 0.3 is 0 Å². The Morgan fingerprint density at radius 2 is 0.697 bits per heavy atom. The monoisotopic (exact) mass is 477 g/mol. The standard InChI is InChI=1S/C24H51N3O6/c1-19(2)31-16-22(28)13-25-7-9-26(14-23(29)17-32-20(3)4)11-12-27(10-8-25)15-24(30)18-33-21(5)6/h19-24,28-30H,7-18H2,1-6H3/t22-,23-,24-/m1/s1. The molecule has 198 valence electrons. The van der Waals surface area contributed by atoms with Crippen molar-refractivity contribution in [3.63, 3.8) is 0 Å². The fourth-order valence-corrected chi connectivity index (χ4v) is 3.69. The second-order valence-corrected chi connectivity index (χ2v) is 10.0. The topological polar surface area (TPSA) is 98.1 Å². The summed E-state index contributed by atoms with van der Waals surface area (Å²) in [6.45, 7) is 19.1. The summed E-state index contributed by atoms with van der Waals surface area (Å²) in [6.07, 6.45) is -1.39. The SMILES string of the molecule is CC(C)OC[C@H](O)CN1CCN(C[C@@H](O)COC(C)C)CCN(C[C@@H](O)COC(C)C)CC1. The number of β-amino-alcohol motifs (C(OH)–C–C–N with tert-alkyl or cyclic N) is 3. The van der Waals surface area contributed by atoms with Gasteiger partial charge in [0.1, 0.15) is 0 Å². The minimum absolute atomic E-state index is 0.0882. The van der Waals surface area contributed by atoms with E-state index in [1.54, 1.807) is 0 Å². The molecule has 1 aliphatic heterocycles. The Morgan fingerprint density at radius 3 is 0.879 bits per heavy atom. The highest BCUT2D eigenvalue weighted by molar-refractivity contribution is 4.76. The molecule has 0 saturated carbocycles. The molecule has 0 spiro atoms. The first-order chi connectivity index (χ1) is 15.5. The molecule has 1 fully saturated rings. The molecule has 1 rings (SSSR count). The van der Waals surface area contributed by atoms with Crippen molar-refractivity contribution in [2.75, 3.05) is 78.7 Å². The molecule has 33 heavy (non-hydrogen) atoms. The highest BCUT2D eigenvalue weighted by atomic mass is 16.5. The van der Waals surface area contributed by atoms with Gasteiger partial charge in [-0.15, -0.1) is 0 Å². The molecule has 0 bridgehead atoms. The number of hydrogen-bond acceptors (Lipinski definition) is 9. The third-order valence-corrected chi connectivity index (χ3v) is 5.47. The maximum Gasteiger partial charge on any atom is 0.0900 e. The van der Waals surface area contributed by atoms with Crippen molar-refractivity contribution < 1.29 is 29.5 Å². The van der Waals surface area contributed by atoms with Crippen molar-refractivity contribution in [3.8, 4) is 0 Å². The largest absolute Gasteiger partial charge is 0.389 e. The number of nitrogens with zero attached hydrogens (tertiary/aromatic N) is 3. The zero-order chi connectivity index (χ0) is 24.8. The van der Waals surface area contributed by atoms with E-state index in [0.29, 0.717) is 39.5 Å². The van der Waals surface area contributed by atoms with E-state index in [-0.39, 0.29) is 18.3 Å². The summed E-state index contributed by atoms with van der Waals surface area (Å²) in [6, 6.07) is 0. The molecular formula is C24H51N3O6. The second-order valence-electron chi connectivity index (χ2n) is 10.0. The van der Waals surface area contributed by atoms with Crippen LogP contribution in [0.25, 0.3) is 0 Å². The summed E-state index contributed by atoms with van der Waals surface area (Å²) in [5.41, 5.74) is 0. The lowest BCUT2D eigenvalue weighted by Gasteiger charge is -2.28. The van der Waals surface area contributed by atoms with Crippen molar-refractivity contribution in [1.82, 2.24) is 14.7 Å². The Kier molecular flexibility index (Phi) is 15.9. The lowest BCUT2D eigenvalue weighted by Crippen LogP contribution is -2.43. The van der Waals surface area contributed by atoms with E-state index in [1.807, 2.05) is 41.5 Å². The first-order valence-electron chi connectivity index (χ1n) is 12.6. The number of aliphatic hydroxyl groups is 3. The lowest BCUT2D eigenvalue weighted by atomic mass is 10.3. The first kappa shape index (κ1) is 30.7. The van der Waals surface area contributed by atoms with Crippen LogP contribution in [0.2, 0.25) is 0 Å². The van der Waals surface area contributed by atoms with Gasteiger partial charge in [-0.05, 0) is 41.5 Å². The minimum Gasteiger partial charge on any atom is -0.389 e. The van der Waals surface area contributed by atoms with Gasteiger partial charge in [0.25, 0.3) is 0 Å². The molecular weight excluding hydrogens is 426 g/mol. The molecule has 3 N–H and O–H groups in total. The van der Waals surface area contributed by atoms with Gasteiger partial charge in [-0.2, -0.15) is 0 Å². The van der Waals surface area contributed by atoms with Crippen LogP contribution in [0.3, 0.4) is 0 Å². The van der Waals surface area contributed by atoms with E-state index in [2.05, 4.69) is 14.7 Å². The molecule has 1 aliphatic rings. The van der Waals surface area contributed by atoms with Gasteiger partial charge < -0.3 is 29.5 Å². The molecule has 0 unspecified atom stereocenters. The first-order valence-corrected chi connectivity index (χ1v) is 12.6. The molecule has 0 radical (unpaired) electrons. The van der Waals surface area contributed by atoms with Crippen LogP contribution in [0.4, 0.5) is 0 Å². The Morgan fingerprint density at radius 1 is 0.485 bits per heavy atom. The number of rotatable bonds is 15. The van der Waals surface area contributed by atoms with E-state index in [9.17, 15) is 15.3 Å². The van der Waals surface area contributed by atoms with Gasteiger partial charge in [0.2, 0.25) is 0 Å². The predicted octanol–water partition coefficient (Wildman–Crippen LogP) is 0.264. The average Bonchev–Trinajstić information content (AvgIpc) is 2.81. The lowest BCUT2D eigenvalue weighted by molar-refractivity contribution is -0.0142. The smallest absolute Gasteiger partial charge is 0.0900 e. The molecule has 1 heterocycles. The number of hydrogen-bond donors (Lipinski definition) is 3. The van der Waals surface area contributed by atoms with Crippen LogP contribution in [0, 0.1) is 0 Å². The van der Waals surface area contributed by atoms with Crippen molar-refractivity contribution >= 4 is 0 Å². The van der Waals surface area contributed by atoms with Crippen LogP contribution in [0.15, 0.2) is 0 Å². The fraction of sp³-hybridized carbons (Fsp3) is 1.00. The third kappa shape index (κ3) is 16.0. The van der Waals surface area contributed by atoms with E-state index in [0.717, 1.165) is 39.3 Å². The average molecular weight is 478 g/mol. The van der Waals surface area contributed by atoms with Crippen LogP contribution in [-0.4, -0.2) is 145 Å². The van der Waals surface area contributed by atoms with Crippen molar-refractivity contribution in [2.45, 2.75) is 78.2 Å². The fourth-order valence-electron chi connectivity index (χ4n) is 3.69. The third-order valence-electron chi connectivity index (χ3n) is 5.47. The molecule has 3 atom stereocenters. The Labute approximate surface area is 201 Å². The maximum atomic E-state index is 10.4. The number of aliphatic hydroxyl groups excluding tert-OH is 3. The zero-order valence-corrected chi connectivity index (χ0v) is 21.9. The van der Waals surface area contributed by atoms with E-state index in [1.165, 1.54) is 0 Å².